The summed E-state index contributed by atoms with van der Waals surface area (Å²) in [7, 11) is 0. The lowest BCUT2D eigenvalue weighted by Crippen LogP contribution is -2.13. The average Bonchev–Trinajstić information content (AvgIpc) is 2.32. The fourth-order valence-electron chi connectivity index (χ4n) is 1.04. The summed E-state index contributed by atoms with van der Waals surface area (Å²) in [6.45, 7) is 5.54. The first-order chi connectivity index (χ1) is 8.20. The van der Waals surface area contributed by atoms with Crippen LogP contribution in [0.2, 0.25) is 0 Å². The van der Waals surface area contributed by atoms with Gasteiger partial charge in [-0.2, -0.15) is 0 Å². The van der Waals surface area contributed by atoms with E-state index in [0.29, 0.717) is 19.8 Å². The summed E-state index contributed by atoms with van der Waals surface area (Å²) in [4.78, 5) is 22.3. The van der Waals surface area contributed by atoms with Gasteiger partial charge >= 0.3 is 11.9 Å². The van der Waals surface area contributed by atoms with Crippen LogP contribution in [-0.2, 0) is 23.8 Å². The van der Waals surface area contributed by atoms with Crippen molar-refractivity contribution in [2.45, 2.75) is 39.5 Å². The predicted octanol–water partition coefficient (Wildman–Crippen LogP) is 1.69. The first kappa shape index (κ1) is 15.9. The summed E-state index contributed by atoms with van der Waals surface area (Å²) >= 11 is 0. The summed E-state index contributed by atoms with van der Waals surface area (Å²) in [5.41, 5.74) is 0. The van der Waals surface area contributed by atoms with Gasteiger partial charge in [-0.05, 0) is 13.3 Å². The van der Waals surface area contributed by atoms with Crippen LogP contribution in [0.5, 0.6) is 0 Å². The quantitative estimate of drug-likeness (QED) is 0.433. The Hall–Kier alpha value is -1.10. The number of hydrogen-bond donors (Lipinski definition) is 0. The van der Waals surface area contributed by atoms with Gasteiger partial charge in [0.05, 0.1) is 26.1 Å². The third-order valence-corrected chi connectivity index (χ3v) is 1.99. The molecule has 0 aliphatic rings. The fourth-order valence-corrected chi connectivity index (χ4v) is 1.04. The summed E-state index contributed by atoms with van der Waals surface area (Å²) < 4.78 is 14.8. The van der Waals surface area contributed by atoms with Gasteiger partial charge in [0.15, 0.2) is 0 Å². The first-order valence-electron chi connectivity index (χ1n) is 6.09. The number of hydrogen-bond acceptors (Lipinski definition) is 5. The smallest absolute Gasteiger partial charge is 0.306 e. The number of carbonyl (C=O) groups excluding carboxylic acids is 2. The van der Waals surface area contributed by atoms with Gasteiger partial charge in [0.25, 0.3) is 0 Å². The van der Waals surface area contributed by atoms with E-state index >= 15 is 0 Å². The summed E-state index contributed by atoms with van der Waals surface area (Å²) in [5, 5.41) is 0. The average molecular weight is 246 g/mol. The highest BCUT2D eigenvalue weighted by Crippen LogP contribution is 1.97. The van der Waals surface area contributed by atoms with Crippen LogP contribution in [0, 0.1) is 0 Å². The molecule has 100 valence electrons. The largest absolute Gasteiger partial charge is 0.466 e. The van der Waals surface area contributed by atoms with E-state index in [1.54, 1.807) is 0 Å². The Kier molecular flexibility index (Phi) is 10.7. The topological polar surface area (TPSA) is 61.8 Å². The Morgan fingerprint density at radius 2 is 1.47 bits per heavy atom. The molecule has 0 bridgehead atoms. The lowest BCUT2D eigenvalue weighted by Gasteiger charge is -2.05. The highest BCUT2D eigenvalue weighted by Gasteiger charge is 2.08. The van der Waals surface area contributed by atoms with Crippen LogP contribution < -0.4 is 0 Å². The number of rotatable bonds is 10. The number of esters is 2. The van der Waals surface area contributed by atoms with Crippen molar-refractivity contribution in [2.75, 3.05) is 26.4 Å². The van der Waals surface area contributed by atoms with E-state index < -0.39 is 5.97 Å². The highest BCUT2D eigenvalue weighted by molar-refractivity contribution is 5.77. The van der Waals surface area contributed by atoms with Crippen LogP contribution in [0.4, 0.5) is 0 Å². The van der Waals surface area contributed by atoms with E-state index in [4.69, 9.17) is 14.2 Å². The van der Waals surface area contributed by atoms with Crippen molar-refractivity contribution in [1.29, 1.82) is 0 Å². The van der Waals surface area contributed by atoms with E-state index in [1.807, 2.05) is 13.8 Å². The summed E-state index contributed by atoms with van der Waals surface area (Å²) in [6, 6.07) is 0. The lowest BCUT2D eigenvalue weighted by atomic mass is 10.3. The van der Waals surface area contributed by atoms with Crippen LogP contribution in [-0.4, -0.2) is 38.4 Å². The zero-order valence-electron chi connectivity index (χ0n) is 10.7. The molecule has 5 nitrogen and oxygen atoms in total. The zero-order chi connectivity index (χ0) is 12.9. The van der Waals surface area contributed by atoms with Crippen LogP contribution in [0.1, 0.15) is 39.5 Å². The molecule has 0 amide bonds. The van der Waals surface area contributed by atoms with Gasteiger partial charge in [-0.1, -0.05) is 13.3 Å². The Balaban J connectivity index is 3.39. The highest BCUT2D eigenvalue weighted by atomic mass is 16.6. The lowest BCUT2D eigenvalue weighted by molar-refractivity contribution is -0.151. The van der Waals surface area contributed by atoms with Crippen molar-refractivity contribution >= 4 is 11.9 Å². The van der Waals surface area contributed by atoms with Crippen molar-refractivity contribution in [1.82, 2.24) is 0 Å². The second-order valence-electron chi connectivity index (χ2n) is 3.49. The maximum absolute atomic E-state index is 11.2. The molecule has 0 unspecified atom stereocenters. The number of ether oxygens (including phenoxy) is 3. The van der Waals surface area contributed by atoms with Crippen molar-refractivity contribution in [3.63, 3.8) is 0 Å². The van der Waals surface area contributed by atoms with Gasteiger partial charge < -0.3 is 14.2 Å². The molecule has 0 aliphatic heterocycles. The maximum atomic E-state index is 11.2. The van der Waals surface area contributed by atoms with Crippen LogP contribution in [0.15, 0.2) is 0 Å². The standard InChI is InChI=1S/C12H22O5/c1-3-5-8-16-11(13)6-7-12(14)17-10-9-15-4-2/h3-10H2,1-2H3. The van der Waals surface area contributed by atoms with Gasteiger partial charge in [-0.25, -0.2) is 0 Å². The molecule has 0 fully saturated rings. The molecule has 0 saturated heterocycles. The second-order valence-corrected chi connectivity index (χ2v) is 3.49. The second kappa shape index (κ2) is 11.4. The molecule has 0 aromatic rings. The first-order valence-corrected chi connectivity index (χ1v) is 6.09. The molecular weight excluding hydrogens is 224 g/mol. The van der Waals surface area contributed by atoms with E-state index in [2.05, 4.69) is 0 Å². The van der Waals surface area contributed by atoms with Crippen molar-refractivity contribution < 1.29 is 23.8 Å². The van der Waals surface area contributed by atoms with Gasteiger partial charge in [0, 0.05) is 6.61 Å². The monoisotopic (exact) mass is 246 g/mol. The summed E-state index contributed by atoms with van der Waals surface area (Å²) in [5.74, 6) is -0.739. The van der Waals surface area contributed by atoms with Crippen molar-refractivity contribution in [2.24, 2.45) is 0 Å². The molecule has 0 aromatic heterocycles. The maximum Gasteiger partial charge on any atom is 0.306 e. The molecule has 0 aliphatic carbocycles. The molecule has 0 heterocycles. The fraction of sp³-hybridized carbons (Fsp3) is 0.833. The summed E-state index contributed by atoms with van der Waals surface area (Å²) in [6.07, 6.45) is 1.98. The van der Waals surface area contributed by atoms with E-state index in [-0.39, 0.29) is 25.4 Å². The molecular formula is C12H22O5. The predicted molar refractivity (Wildman–Crippen MR) is 62.6 cm³/mol. The van der Waals surface area contributed by atoms with Gasteiger partial charge in [-0.15, -0.1) is 0 Å². The third-order valence-electron chi connectivity index (χ3n) is 1.99. The molecule has 0 aromatic carbocycles. The molecule has 0 atom stereocenters. The Labute approximate surface area is 102 Å². The van der Waals surface area contributed by atoms with Gasteiger partial charge in [-0.3, -0.25) is 9.59 Å². The van der Waals surface area contributed by atoms with Gasteiger partial charge in [0.2, 0.25) is 0 Å². The third kappa shape index (κ3) is 11.2. The Morgan fingerprint density at radius 1 is 0.882 bits per heavy atom. The number of unbranched alkanes of at least 4 members (excludes halogenated alkanes) is 1. The van der Waals surface area contributed by atoms with E-state index in [0.717, 1.165) is 12.8 Å². The van der Waals surface area contributed by atoms with Crippen LogP contribution in [0.25, 0.3) is 0 Å². The molecule has 17 heavy (non-hydrogen) atoms. The molecule has 0 N–H and O–H groups in total. The Bertz CT molecular complexity index is 215. The minimum absolute atomic E-state index is 0.0666. The number of carbonyl (C=O) groups is 2. The molecule has 0 saturated carbocycles. The Morgan fingerprint density at radius 3 is 2.00 bits per heavy atom. The molecule has 5 heteroatoms. The molecule has 0 spiro atoms. The van der Waals surface area contributed by atoms with Crippen molar-refractivity contribution in [3.8, 4) is 0 Å². The van der Waals surface area contributed by atoms with E-state index in [1.165, 1.54) is 0 Å². The van der Waals surface area contributed by atoms with Crippen molar-refractivity contribution in [3.05, 3.63) is 0 Å². The molecule has 0 radical (unpaired) electrons. The van der Waals surface area contributed by atoms with E-state index in [9.17, 15) is 9.59 Å². The normalized spacial score (nSPS) is 10.0. The van der Waals surface area contributed by atoms with Gasteiger partial charge in [0.1, 0.15) is 6.61 Å². The zero-order valence-corrected chi connectivity index (χ0v) is 10.7. The molecule has 0 rings (SSSR count). The van der Waals surface area contributed by atoms with Crippen LogP contribution in [0.3, 0.4) is 0 Å². The minimum Gasteiger partial charge on any atom is -0.466 e. The minimum atomic E-state index is -0.392. The van der Waals surface area contributed by atoms with Crippen LogP contribution >= 0.6 is 0 Å². The SMILES string of the molecule is CCCCOC(=O)CCC(=O)OCCOCC.